The van der Waals surface area contributed by atoms with E-state index in [1.807, 2.05) is 12.4 Å². The van der Waals surface area contributed by atoms with E-state index < -0.39 is 0 Å². The Bertz CT molecular complexity index is 463. The summed E-state index contributed by atoms with van der Waals surface area (Å²) in [4.78, 5) is 12.7. The van der Waals surface area contributed by atoms with Gasteiger partial charge in [-0.2, -0.15) is 0 Å². The summed E-state index contributed by atoms with van der Waals surface area (Å²) < 4.78 is 0. The summed E-state index contributed by atoms with van der Waals surface area (Å²) in [6.45, 7) is 11.3. The van der Waals surface area contributed by atoms with Crippen LogP contribution in [0.15, 0.2) is 10.5 Å². The summed E-state index contributed by atoms with van der Waals surface area (Å²) in [6.07, 6.45) is 2.60. The fraction of sp³-hybridized carbons (Fsp3) is 0.733. The standard InChI is InChI=1S/C15H27N5S.HI/c1-4-16-15(18-10-14-12(3)19-11-21-14)17-9-13-7-6-8-20(13)5-2;/h11,13H,4-10H2,1-3H3,(H2,16,17,18);1H. The number of hydrogen-bond donors (Lipinski definition) is 2. The second kappa shape index (κ2) is 10.4. The van der Waals surface area contributed by atoms with Crippen molar-refractivity contribution in [3.63, 3.8) is 0 Å². The number of hydrogen-bond acceptors (Lipinski definition) is 4. The Hall–Kier alpha value is -0.410. The van der Waals surface area contributed by atoms with Crippen molar-refractivity contribution in [3.8, 4) is 0 Å². The number of nitrogens with one attached hydrogen (secondary N) is 2. The van der Waals surface area contributed by atoms with Gasteiger partial charge in [0.05, 0.1) is 17.7 Å². The molecule has 0 radical (unpaired) electrons. The van der Waals surface area contributed by atoms with Crippen molar-refractivity contribution in [2.24, 2.45) is 4.99 Å². The Balaban J connectivity index is 0.00000242. The lowest BCUT2D eigenvalue weighted by Gasteiger charge is -2.23. The van der Waals surface area contributed by atoms with Gasteiger partial charge in [-0.25, -0.2) is 9.98 Å². The summed E-state index contributed by atoms with van der Waals surface area (Å²) in [5.74, 6) is 0.910. The molecule has 22 heavy (non-hydrogen) atoms. The molecule has 2 heterocycles. The van der Waals surface area contributed by atoms with Crippen molar-refractivity contribution >= 4 is 41.3 Å². The Morgan fingerprint density at radius 2 is 2.27 bits per heavy atom. The number of nitrogens with zero attached hydrogens (tertiary/aromatic N) is 3. The zero-order chi connectivity index (χ0) is 15.1. The zero-order valence-electron chi connectivity index (χ0n) is 13.8. The van der Waals surface area contributed by atoms with Gasteiger partial charge in [0.2, 0.25) is 0 Å². The highest BCUT2D eigenvalue weighted by molar-refractivity contribution is 14.0. The van der Waals surface area contributed by atoms with Crippen LogP contribution < -0.4 is 10.6 Å². The molecule has 7 heteroatoms. The molecule has 1 atom stereocenters. The highest BCUT2D eigenvalue weighted by Gasteiger charge is 2.22. The molecule has 1 aromatic heterocycles. The topological polar surface area (TPSA) is 52.6 Å². The molecule has 0 aliphatic carbocycles. The third-order valence-corrected chi connectivity index (χ3v) is 4.90. The summed E-state index contributed by atoms with van der Waals surface area (Å²) in [5.41, 5.74) is 2.98. The SMILES string of the molecule is CCNC(=NCc1scnc1C)NCC1CCCN1CC.I. The van der Waals surface area contributed by atoms with Crippen molar-refractivity contribution in [2.45, 2.75) is 46.2 Å². The Morgan fingerprint density at radius 3 is 2.91 bits per heavy atom. The molecule has 0 saturated carbocycles. The van der Waals surface area contributed by atoms with Crippen LogP contribution in [0.2, 0.25) is 0 Å². The molecule has 0 bridgehead atoms. The van der Waals surface area contributed by atoms with Crippen LogP contribution in [0.5, 0.6) is 0 Å². The molecule has 1 aliphatic rings. The van der Waals surface area contributed by atoms with Crippen LogP contribution in [0.3, 0.4) is 0 Å². The van der Waals surface area contributed by atoms with Gasteiger partial charge < -0.3 is 10.6 Å². The van der Waals surface area contributed by atoms with E-state index in [0.717, 1.165) is 31.3 Å². The maximum atomic E-state index is 4.67. The molecule has 2 rings (SSSR count). The summed E-state index contributed by atoms with van der Waals surface area (Å²) >= 11 is 1.68. The zero-order valence-corrected chi connectivity index (χ0v) is 16.9. The minimum absolute atomic E-state index is 0. The fourth-order valence-electron chi connectivity index (χ4n) is 2.73. The van der Waals surface area contributed by atoms with Crippen LogP contribution in [0.4, 0.5) is 0 Å². The highest BCUT2D eigenvalue weighted by atomic mass is 127. The van der Waals surface area contributed by atoms with Crippen molar-refractivity contribution < 1.29 is 0 Å². The number of likely N-dealkylation sites (N-methyl/N-ethyl adjacent to an activating group) is 1. The van der Waals surface area contributed by atoms with Crippen LogP contribution >= 0.6 is 35.3 Å². The van der Waals surface area contributed by atoms with E-state index in [9.17, 15) is 0 Å². The summed E-state index contributed by atoms with van der Waals surface area (Å²) in [7, 11) is 0. The van der Waals surface area contributed by atoms with Gasteiger partial charge >= 0.3 is 0 Å². The first-order chi connectivity index (χ1) is 10.2. The maximum absolute atomic E-state index is 4.67. The van der Waals surface area contributed by atoms with Crippen molar-refractivity contribution in [1.29, 1.82) is 0 Å². The Labute approximate surface area is 155 Å². The average Bonchev–Trinajstić information content (AvgIpc) is 3.10. The van der Waals surface area contributed by atoms with Gasteiger partial charge in [0.15, 0.2) is 5.96 Å². The Morgan fingerprint density at radius 1 is 1.45 bits per heavy atom. The molecule has 1 aromatic rings. The largest absolute Gasteiger partial charge is 0.357 e. The van der Waals surface area contributed by atoms with Gasteiger partial charge in [0.1, 0.15) is 0 Å². The van der Waals surface area contributed by atoms with Gasteiger partial charge in [-0.1, -0.05) is 6.92 Å². The number of likely N-dealkylation sites (tertiary alicyclic amines) is 1. The third kappa shape index (κ3) is 5.66. The van der Waals surface area contributed by atoms with Crippen LogP contribution in [-0.4, -0.2) is 48.1 Å². The minimum atomic E-state index is 0. The first-order valence-electron chi connectivity index (χ1n) is 7.89. The summed E-state index contributed by atoms with van der Waals surface area (Å²) in [6, 6.07) is 0.643. The van der Waals surface area contributed by atoms with Crippen molar-refractivity contribution in [2.75, 3.05) is 26.2 Å². The van der Waals surface area contributed by atoms with Crippen LogP contribution in [0.25, 0.3) is 0 Å². The second-order valence-electron chi connectivity index (χ2n) is 5.36. The summed E-state index contributed by atoms with van der Waals surface area (Å²) in [5, 5.41) is 6.82. The van der Waals surface area contributed by atoms with E-state index in [2.05, 4.69) is 39.4 Å². The van der Waals surface area contributed by atoms with Gasteiger partial charge in [0.25, 0.3) is 0 Å². The van der Waals surface area contributed by atoms with Gasteiger partial charge in [-0.15, -0.1) is 35.3 Å². The Kier molecular flexibility index (Phi) is 9.27. The molecular formula is C15H28IN5S. The maximum Gasteiger partial charge on any atom is 0.191 e. The number of rotatable bonds is 6. The molecule has 2 N–H and O–H groups in total. The number of thiazole rings is 1. The monoisotopic (exact) mass is 437 g/mol. The smallest absolute Gasteiger partial charge is 0.191 e. The lowest BCUT2D eigenvalue weighted by Crippen LogP contribution is -2.44. The predicted molar refractivity (Wildman–Crippen MR) is 105 cm³/mol. The van der Waals surface area contributed by atoms with Gasteiger partial charge in [-0.3, -0.25) is 4.90 Å². The van der Waals surface area contributed by atoms with E-state index in [0.29, 0.717) is 12.6 Å². The molecule has 1 unspecified atom stereocenters. The van der Waals surface area contributed by atoms with E-state index in [4.69, 9.17) is 0 Å². The average molecular weight is 437 g/mol. The molecule has 1 aliphatic heterocycles. The van der Waals surface area contributed by atoms with E-state index in [-0.39, 0.29) is 24.0 Å². The van der Waals surface area contributed by atoms with Gasteiger partial charge in [-0.05, 0) is 39.8 Å². The molecule has 1 saturated heterocycles. The van der Waals surface area contributed by atoms with E-state index in [1.165, 1.54) is 24.3 Å². The van der Waals surface area contributed by atoms with E-state index in [1.54, 1.807) is 11.3 Å². The number of aromatic nitrogens is 1. The highest BCUT2D eigenvalue weighted by Crippen LogP contribution is 2.15. The van der Waals surface area contributed by atoms with Crippen LogP contribution in [0.1, 0.15) is 37.3 Å². The number of guanidine groups is 1. The second-order valence-corrected chi connectivity index (χ2v) is 6.30. The molecular weight excluding hydrogens is 409 g/mol. The van der Waals surface area contributed by atoms with Crippen LogP contribution in [0, 0.1) is 6.92 Å². The van der Waals surface area contributed by atoms with Crippen molar-refractivity contribution in [1.82, 2.24) is 20.5 Å². The molecule has 126 valence electrons. The predicted octanol–water partition coefficient (Wildman–Crippen LogP) is 2.61. The fourth-order valence-corrected chi connectivity index (χ4v) is 3.43. The molecule has 0 amide bonds. The molecule has 5 nitrogen and oxygen atoms in total. The lowest BCUT2D eigenvalue weighted by molar-refractivity contribution is 0.267. The quantitative estimate of drug-likeness (QED) is 0.408. The molecule has 0 spiro atoms. The van der Waals surface area contributed by atoms with E-state index >= 15 is 0 Å². The lowest BCUT2D eigenvalue weighted by atomic mass is 10.2. The van der Waals surface area contributed by atoms with Crippen molar-refractivity contribution in [3.05, 3.63) is 16.1 Å². The van der Waals surface area contributed by atoms with Crippen LogP contribution in [-0.2, 0) is 6.54 Å². The minimum Gasteiger partial charge on any atom is -0.357 e. The number of aliphatic imine (C=N–C) groups is 1. The van der Waals surface area contributed by atoms with Gasteiger partial charge in [0, 0.05) is 24.0 Å². The third-order valence-electron chi connectivity index (χ3n) is 3.98. The first kappa shape index (κ1) is 19.6. The first-order valence-corrected chi connectivity index (χ1v) is 8.77. The molecule has 0 aromatic carbocycles. The normalized spacial score (nSPS) is 19.0. The molecule has 1 fully saturated rings. The number of aryl methyl sites for hydroxylation is 1. The number of halogens is 1.